The second-order valence-electron chi connectivity index (χ2n) is 44.7. The molecular formula is C119H126N4OS+4. The van der Waals surface area contributed by atoms with Gasteiger partial charge < -0.3 is 4.42 Å². The predicted octanol–water partition coefficient (Wildman–Crippen LogP) is 28.0. The van der Waals surface area contributed by atoms with E-state index < -0.39 is 0 Å². The van der Waals surface area contributed by atoms with Crippen LogP contribution in [-0.2, 0) is 62.7 Å². The molecular weight excluding hydrogens is 1530 g/mol. The van der Waals surface area contributed by atoms with Crippen molar-refractivity contribution in [2.24, 2.45) is 99.2 Å². The van der Waals surface area contributed by atoms with Crippen LogP contribution in [0, 0.1) is 98.7 Å². The summed E-state index contributed by atoms with van der Waals surface area (Å²) in [5, 5.41) is 18.5. The van der Waals surface area contributed by atoms with Crippen molar-refractivity contribution in [2.75, 3.05) is 0 Å². The number of aryl methyl sites for hydroxylation is 10. The van der Waals surface area contributed by atoms with E-state index in [0.29, 0.717) is 21.7 Å². The van der Waals surface area contributed by atoms with Crippen LogP contribution in [-0.4, -0.2) is 0 Å². The fraction of sp³-hybridized carbons (Fsp3) is 0.429. The van der Waals surface area contributed by atoms with Crippen LogP contribution < -0.4 is 18.3 Å². The fourth-order valence-corrected chi connectivity index (χ4v) is 33.2. The molecule has 17 aliphatic rings. The van der Waals surface area contributed by atoms with Gasteiger partial charge in [0.2, 0.25) is 22.8 Å². The number of hydrogen-bond donors (Lipinski definition) is 0. The average Bonchev–Trinajstić information content (AvgIpc) is 1.59. The lowest BCUT2D eigenvalue weighted by Gasteiger charge is -2.57. The van der Waals surface area contributed by atoms with E-state index in [2.05, 4.69) is 280 Å². The maximum atomic E-state index is 5.73. The van der Waals surface area contributed by atoms with Gasteiger partial charge in [0.1, 0.15) is 33.8 Å². The minimum absolute atomic E-state index is 0.449. The molecule has 0 atom stereocenters. The largest absolute Gasteiger partial charge is 0.464 e. The van der Waals surface area contributed by atoms with Gasteiger partial charge in [0, 0.05) is 39.9 Å². The molecule has 32 rings (SSSR count). The zero-order valence-corrected chi connectivity index (χ0v) is 76.2. The van der Waals surface area contributed by atoms with Gasteiger partial charge in [-0.15, -0.1) is 11.3 Å². The number of nitrogens with zero attached hydrogens (tertiary/aromatic N) is 4. The van der Waals surface area contributed by atoms with Crippen molar-refractivity contribution in [1.82, 2.24) is 0 Å². The maximum Gasteiger partial charge on any atom is 0.220 e. The minimum atomic E-state index is 0.449. The van der Waals surface area contributed by atoms with Crippen LogP contribution in [0.1, 0.15) is 216 Å². The highest BCUT2D eigenvalue weighted by Gasteiger charge is 2.56. The monoisotopic (exact) mass is 1660 g/mol. The second-order valence-corrected chi connectivity index (χ2v) is 45.6. The number of furan rings is 1. The van der Waals surface area contributed by atoms with E-state index in [1.54, 1.807) is 39.6 Å². The smallest absolute Gasteiger partial charge is 0.220 e. The molecule has 6 heteroatoms. The van der Waals surface area contributed by atoms with Crippen LogP contribution in [0.25, 0.3) is 120 Å². The first kappa shape index (κ1) is 77.7. The lowest BCUT2D eigenvalue weighted by atomic mass is 9.48. The van der Waals surface area contributed by atoms with Gasteiger partial charge in [0.05, 0.1) is 44.5 Å². The van der Waals surface area contributed by atoms with Crippen molar-refractivity contribution in [3.63, 3.8) is 0 Å². The molecule has 0 radical (unpaired) electrons. The van der Waals surface area contributed by atoms with Crippen LogP contribution in [0.15, 0.2) is 223 Å². The summed E-state index contributed by atoms with van der Waals surface area (Å²) in [6.07, 6.45) is 50.0. The third-order valence-corrected chi connectivity index (χ3v) is 37.2. The van der Waals surface area contributed by atoms with Gasteiger partial charge in [-0.25, -0.2) is 18.3 Å². The first-order valence-electron chi connectivity index (χ1n) is 49.1. The van der Waals surface area contributed by atoms with E-state index in [0.717, 1.165) is 76.6 Å². The highest BCUT2D eigenvalue weighted by molar-refractivity contribution is 7.17. The van der Waals surface area contributed by atoms with E-state index in [1.807, 2.05) is 17.4 Å². The molecule has 0 saturated heterocycles. The molecule has 0 unspecified atom stereocenters. The van der Waals surface area contributed by atoms with Crippen LogP contribution in [0.3, 0.4) is 0 Å². The summed E-state index contributed by atoms with van der Waals surface area (Å²) in [5.41, 5.74) is 28.6. The topological polar surface area (TPSA) is 28.7 Å². The molecule has 9 aromatic carbocycles. The number of fused-ring (bicyclic) bond motifs is 8. The van der Waals surface area contributed by atoms with Gasteiger partial charge in [0.15, 0.2) is 24.8 Å². The lowest BCUT2D eigenvalue weighted by Crippen LogP contribution is -2.48. The number of hydrogen-bond acceptors (Lipinski definition) is 2. The van der Waals surface area contributed by atoms with Gasteiger partial charge in [-0.1, -0.05) is 84.9 Å². The Morgan fingerprint density at radius 3 is 0.952 bits per heavy atom. The summed E-state index contributed by atoms with van der Waals surface area (Å²) in [6, 6.07) is 71.2. The Balaban J connectivity index is 0.0000000911. The van der Waals surface area contributed by atoms with Gasteiger partial charge >= 0.3 is 0 Å². The molecule has 17 aliphatic carbocycles. The zero-order chi connectivity index (χ0) is 83.7. The molecule has 16 bridgehead atoms. The number of aromatic nitrogens is 4. The standard InChI is InChI=1S/C31H32N.C30H34N.C29H30NO.C29H30NS/c1-20-11-24-5-3-4-6-25(24)16-29(20)30-28-8-7-27(15-26(28)9-10-32(30)2)31-17-21-12-22(18-31)14-23(13-21)19-31;1-19-10-23-4-3-5-24(23)15-28(19)29-27-7-6-26(14-25(27)8-9-31(29)2)30-16-20-11-21(17-30)13-22(12-20)18-30;2*1-18-9-23-6-8-31-27(23)14-26(18)28-25-4-3-24(13-22(25)5-7-30(28)2)29-15-19-10-20(16-29)12-21(11-19)17-29/h3-11,15-16,21-23H,12-14,17-19H2,1-2H3;6-10,14-15,20-22H,3-5,11-13,16-18H2,1-2H3;2*3-9,13-14,19-21H,10-12,15-17H2,1-2H3/q4*+1. The number of rotatable bonds is 8. The summed E-state index contributed by atoms with van der Waals surface area (Å²) < 4.78 is 16.3. The molecule has 6 aromatic heterocycles. The van der Waals surface area contributed by atoms with Crippen LogP contribution >= 0.6 is 11.3 Å². The van der Waals surface area contributed by atoms with Crippen molar-refractivity contribution < 1.29 is 22.7 Å². The summed E-state index contributed by atoms with van der Waals surface area (Å²) >= 11 is 1.84. The molecule has 0 spiro atoms. The zero-order valence-electron chi connectivity index (χ0n) is 75.4. The fourth-order valence-electron chi connectivity index (χ4n) is 32.4. The molecule has 15 aromatic rings. The van der Waals surface area contributed by atoms with Crippen LogP contribution in [0.4, 0.5) is 0 Å². The van der Waals surface area contributed by atoms with E-state index >= 15 is 0 Å². The summed E-state index contributed by atoms with van der Waals surface area (Å²) in [6.45, 7) is 9.03. The Morgan fingerprint density at radius 2 is 0.584 bits per heavy atom. The molecule has 0 N–H and O–H groups in total. The van der Waals surface area contributed by atoms with Crippen LogP contribution in [0.5, 0.6) is 0 Å². The SMILES string of the molecule is Cc1cc2c(cc1-c1c3ccc(C45CC6CC(CC(C6)C4)C5)cc3cc[n+]1C)CCC2.Cc1cc2ccccc2cc1-c1c2ccc(C34CC5CC(CC(C5)C3)C4)cc2cc[n+]1C.Cc1cc2ccoc2cc1-c1c2ccc(C34CC5CC(CC(C5)C3)C4)cc2cc[n+]1C.Cc1cc2ccsc2cc1-c1c2ccc(C34CC5CC(CC(C5)C3)C4)cc2cc[n+]1C. The molecule has 16 fully saturated rings. The molecule has 6 heterocycles. The minimum Gasteiger partial charge on any atom is -0.464 e. The van der Waals surface area contributed by atoms with Crippen molar-refractivity contribution in [3.8, 4) is 45.0 Å². The summed E-state index contributed by atoms with van der Waals surface area (Å²) in [4.78, 5) is 0. The Kier molecular flexibility index (Phi) is 18.3. The number of pyridine rings is 4. The average molecular weight is 1660 g/mol. The van der Waals surface area contributed by atoms with E-state index in [-0.39, 0.29) is 0 Å². The first-order valence-corrected chi connectivity index (χ1v) is 50.0. The van der Waals surface area contributed by atoms with Crippen molar-refractivity contribution in [3.05, 3.63) is 274 Å². The third-order valence-electron chi connectivity index (χ3n) is 36.3. The highest BCUT2D eigenvalue weighted by atomic mass is 32.1. The third kappa shape index (κ3) is 13.2. The molecule has 5 nitrogen and oxygen atoms in total. The molecule has 0 aliphatic heterocycles. The molecule has 125 heavy (non-hydrogen) atoms. The van der Waals surface area contributed by atoms with Gasteiger partial charge in [0.25, 0.3) is 0 Å². The molecule has 0 amide bonds. The van der Waals surface area contributed by atoms with E-state index in [1.165, 1.54) is 310 Å². The normalized spacial score (nSPS) is 29.5. The van der Waals surface area contributed by atoms with Crippen LogP contribution in [0.2, 0.25) is 0 Å². The molecule has 16 saturated carbocycles. The highest BCUT2D eigenvalue weighted by Crippen LogP contribution is 2.66. The molecule has 630 valence electrons. The van der Waals surface area contributed by atoms with Gasteiger partial charge in [-0.3, -0.25) is 0 Å². The summed E-state index contributed by atoms with van der Waals surface area (Å²) in [7, 11) is 8.76. The first-order chi connectivity index (χ1) is 60.8. The Bertz CT molecular complexity index is 6590. The van der Waals surface area contributed by atoms with Crippen molar-refractivity contribution in [2.45, 2.75) is 223 Å². The second kappa shape index (κ2) is 29.5. The predicted molar refractivity (Wildman–Crippen MR) is 515 cm³/mol. The van der Waals surface area contributed by atoms with Crippen molar-refractivity contribution in [1.29, 1.82) is 0 Å². The maximum absolute atomic E-state index is 5.73. The number of benzene rings is 9. The van der Waals surface area contributed by atoms with Crippen molar-refractivity contribution >= 4 is 86.3 Å². The lowest BCUT2D eigenvalue weighted by molar-refractivity contribution is -0.659. The van der Waals surface area contributed by atoms with E-state index in [4.69, 9.17) is 4.42 Å². The van der Waals surface area contributed by atoms with Gasteiger partial charge in [-0.05, 0) is 465 Å². The number of thiophene rings is 1. The van der Waals surface area contributed by atoms with Gasteiger partial charge in [-0.2, -0.15) is 0 Å². The Hall–Kier alpha value is -9.62. The summed E-state index contributed by atoms with van der Waals surface area (Å²) in [5.74, 6) is 11.9. The Labute approximate surface area is 744 Å². The quantitative estimate of drug-likeness (QED) is 0.139. The Morgan fingerprint density at radius 1 is 0.280 bits per heavy atom. The van der Waals surface area contributed by atoms with E-state index in [9.17, 15) is 0 Å².